The molecule has 5 aromatic rings. The highest BCUT2D eigenvalue weighted by Gasteiger charge is 2.49. The minimum absolute atomic E-state index is 0.0627. The molecule has 1 aliphatic rings. The summed E-state index contributed by atoms with van der Waals surface area (Å²) in [5, 5.41) is 21.0. The molecule has 1 N–H and O–H groups in total. The van der Waals surface area contributed by atoms with Gasteiger partial charge in [-0.1, -0.05) is 59.0 Å². The van der Waals surface area contributed by atoms with E-state index < -0.39 is 17.7 Å². The molecule has 4 aromatic heterocycles. The van der Waals surface area contributed by atoms with E-state index in [1.165, 1.54) is 28.0 Å². The van der Waals surface area contributed by atoms with Crippen LogP contribution in [0, 0.1) is 6.92 Å². The van der Waals surface area contributed by atoms with E-state index in [0.29, 0.717) is 37.7 Å². The van der Waals surface area contributed by atoms with Gasteiger partial charge < -0.3 is 5.11 Å². The van der Waals surface area contributed by atoms with Gasteiger partial charge in [0.05, 0.1) is 17.3 Å². The lowest BCUT2D eigenvalue weighted by molar-refractivity contribution is -0.132. The zero-order chi connectivity index (χ0) is 27.1. The summed E-state index contributed by atoms with van der Waals surface area (Å²) in [6, 6.07) is 15.4. The van der Waals surface area contributed by atoms with Crippen molar-refractivity contribution in [1.82, 2.24) is 24.6 Å². The van der Waals surface area contributed by atoms with Crippen LogP contribution in [-0.4, -0.2) is 41.4 Å². The molecule has 5 heterocycles. The van der Waals surface area contributed by atoms with Crippen molar-refractivity contribution < 1.29 is 14.7 Å². The van der Waals surface area contributed by atoms with Crippen LogP contribution in [0.2, 0.25) is 5.02 Å². The number of aromatic nitrogens is 5. The van der Waals surface area contributed by atoms with Crippen LogP contribution in [0.1, 0.15) is 28.6 Å². The van der Waals surface area contributed by atoms with Crippen LogP contribution in [0.5, 0.6) is 0 Å². The molecular formula is C27H19ClN6O3S2. The fourth-order valence-electron chi connectivity index (χ4n) is 4.49. The van der Waals surface area contributed by atoms with Crippen molar-refractivity contribution in [3.63, 3.8) is 0 Å². The highest BCUT2D eigenvalue weighted by molar-refractivity contribution is 8.00. The summed E-state index contributed by atoms with van der Waals surface area (Å²) in [6.45, 7) is 1.74. The molecule has 12 heteroatoms. The summed E-state index contributed by atoms with van der Waals surface area (Å²) >= 11 is 8.63. The third-order valence-corrected chi connectivity index (χ3v) is 8.63. The maximum absolute atomic E-state index is 13.5. The van der Waals surface area contributed by atoms with Gasteiger partial charge in [0.15, 0.2) is 10.1 Å². The van der Waals surface area contributed by atoms with Crippen molar-refractivity contribution in [2.24, 2.45) is 0 Å². The predicted molar refractivity (Wildman–Crippen MR) is 150 cm³/mol. The topological polar surface area (TPSA) is 114 Å². The van der Waals surface area contributed by atoms with Crippen LogP contribution >= 0.6 is 34.7 Å². The normalized spacial score (nSPS) is 16.9. The number of benzene rings is 1. The summed E-state index contributed by atoms with van der Waals surface area (Å²) < 4.78 is 2.32. The maximum atomic E-state index is 13.5. The third-order valence-electron chi connectivity index (χ3n) is 6.25. The van der Waals surface area contributed by atoms with E-state index in [1.807, 2.05) is 30.3 Å². The lowest BCUT2D eigenvalue weighted by Gasteiger charge is -2.22. The molecule has 1 atom stereocenters. The van der Waals surface area contributed by atoms with E-state index in [0.717, 1.165) is 5.56 Å². The van der Waals surface area contributed by atoms with E-state index in [2.05, 4.69) is 20.2 Å². The molecule has 1 fully saturated rings. The van der Waals surface area contributed by atoms with Crippen LogP contribution in [0.15, 0.2) is 83.1 Å². The summed E-state index contributed by atoms with van der Waals surface area (Å²) in [5.74, 6) is -1.31. The number of aryl methyl sites for hydroxylation is 1. The largest absolute Gasteiger partial charge is 0.505 e. The van der Waals surface area contributed by atoms with Crippen LogP contribution in [0.3, 0.4) is 0 Å². The number of carbonyl (C=O) groups is 2. The molecule has 1 amide bonds. The number of hydrogen-bond acceptors (Lipinski definition) is 9. The number of rotatable bonds is 6. The summed E-state index contributed by atoms with van der Waals surface area (Å²) in [6.07, 6.45) is 4.91. The lowest BCUT2D eigenvalue weighted by atomic mass is 9.97. The first-order valence-electron chi connectivity index (χ1n) is 11.8. The molecule has 0 radical (unpaired) electrons. The molecule has 0 aliphatic carbocycles. The van der Waals surface area contributed by atoms with Gasteiger partial charge in [0.25, 0.3) is 5.78 Å². The van der Waals surface area contributed by atoms with Gasteiger partial charge in [-0.3, -0.25) is 23.9 Å². The average molecular weight is 575 g/mol. The van der Waals surface area contributed by atoms with Crippen LogP contribution in [0.4, 0.5) is 5.13 Å². The number of amides is 1. The highest BCUT2D eigenvalue weighted by atomic mass is 35.5. The summed E-state index contributed by atoms with van der Waals surface area (Å²) in [5.41, 5.74) is 3.01. The van der Waals surface area contributed by atoms with Crippen molar-refractivity contribution in [1.29, 1.82) is 0 Å². The van der Waals surface area contributed by atoms with Gasteiger partial charge >= 0.3 is 5.91 Å². The Hall–Kier alpha value is -4.06. The number of thioether (sulfide) groups is 1. The number of aliphatic hydroxyl groups is 1. The number of hydrogen-bond donors (Lipinski definition) is 1. The number of Topliss-reactive ketones (excluding diaryl/α,β-unsaturated/α-hetero) is 1. The number of halogens is 1. The van der Waals surface area contributed by atoms with Gasteiger partial charge in [-0.25, -0.2) is 4.98 Å². The fourth-order valence-corrected chi connectivity index (χ4v) is 6.44. The molecule has 0 bridgehead atoms. The number of imidazole rings is 1. The SMILES string of the molecule is Cc1nc2ccccn2c1C(O)=C1C(=O)C(=O)N(c2nnc(SCc3ccc(Cl)cc3)s2)C1c1cccnc1. The second-order valence-corrected chi connectivity index (χ2v) is 11.3. The number of nitrogens with zero attached hydrogens (tertiary/aromatic N) is 6. The van der Waals surface area contributed by atoms with Gasteiger partial charge in [0.2, 0.25) is 5.13 Å². The Balaban J connectivity index is 1.42. The molecule has 1 unspecified atom stereocenters. The number of anilines is 1. The molecule has 9 nitrogen and oxygen atoms in total. The Morgan fingerprint density at radius 1 is 1.10 bits per heavy atom. The Morgan fingerprint density at radius 3 is 2.69 bits per heavy atom. The number of aliphatic hydroxyl groups excluding tert-OH is 1. The zero-order valence-corrected chi connectivity index (χ0v) is 22.7. The molecule has 1 aromatic carbocycles. The average Bonchev–Trinajstić information content (AvgIpc) is 3.62. The molecule has 0 spiro atoms. The zero-order valence-electron chi connectivity index (χ0n) is 20.4. The van der Waals surface area contributed by atoms with Crippen molar-refractivity contribution >= 4 is 62.9 Å². The second kappa shape index (κ2) is 10.3. The monoisotopic (exact) mass is 574 g/mol. The predicted octanol–water partition coefficient (Wildman–Crippen LogP) is 5.46. The van der Waals surface area contributed by atoms with Crippen LogP contribution in [0.25, 0.3) is 11.4 Å². The summed E-state index contributed by atoms with van der Waals surface area (Å²) in [4.78, 5) is 36.9. The first-order valence-corrected chi connectivity index (χ1v) is 14.0. The maximum Gasteiger partial charge on any atom is 0.301 e. The van der Waals surface area contributed by atoms with E-state index in [4.69, 9.17) is 11.6 Å². The standard InChI is InChI=1S/C27H19ClN6O3S2/c1-15-21(33-12-3-2-6-19(33)30-15)23(35)20-22(17-5-4-11-29-13-17)34(25(37)24(20)36)26-31-32-27(39-26)38-14-16-7-9-18(28)10-8-16/h2-13,22,35H,14H2,1H3. The Morgan fingerprint density at radius 2 is 1.92 bits per heavy atom. The van der Waals surface area contributed by atoms with Gasteiger partial charge in [-0.2, -0.15) is 0 Å². The molecule has 194 valence electrons. The summed E-state index contributed by atoms with van der Waals surface area (Å²) in [7, 11) is 0. The Bertz CT molecular complexity index is 1750. The van der Waals surface area contributed by atoms with Crippen molar-refractivity contribution in [3.05, 3.63) is 106 Å². The van der Waals surface area contributed by atoms with Crippen molar-refractivity contribution in [2.45, 2.75) is 23.1 Å². The number of ketones is 1. The number of carbonyl (C=O) groups excluding carboxylic acids is 2. The van der Waals surface area contributed by atoms with E-state index in [9.17, 15) is 14.7 Å². The Kier molecular flexibility index (Phi) is 6.63. The van der Waals surface area contributed by atoms with Crippen molar-refractivity contribution in [3.8, 4) is 0 Å². The van der Waals surface area contributed by atoms with E-state index in [1.54, 1.807) is 54.2 Å². The fraction of sp³-hybridized carbons (Fsp3) is 0.111. The van der Waals surface area contributed by atoms with Gasteiger partial charge in [0.1, 0.15) is 11.3 Å². The van der Waals surface area contributed by atoms with Gasteiger partial charge in [-0.15, -0.1) is 10.2 Å². The van der Waals surface area contributed by atoms with Gasteiger partial charge in [0, 0.05) is 29.4 Å². The van der Waals surface area contributed by atoms with Crippen molar-refractivity contribution in [2.75, 3.05) is 4.90 Å². The highest BCUT2D eigenvalue weighted by Crippen LogP contribution is 2.44. The first kappa shape index (κ1) is 25.2. The smallest absolute Gasteiger partial charge is 0.301 e. The van der Waals surface area contributed by atoms with Crippen LogP contribution < -0.4 is 4.90 Å². The Labute approximate surface area is 235 Å². The second-order valence-electron chi connectivity index (χ2n) is 8.70. The van der Waals surface area contributed by atoms with E-state index in [-0.39, 0.29) is 16.5 Å². The number of fused-ring (bicyclic) bond motifs is 1. The first-order chi connectivity index (χ1) is 18.9. The molecular weight excluding hydrogens is 556 g/mol. The number of pyridine rings is 2. The molecule has 1 aliphatic heterocycles. The molecule has 1 saturated heterocycles. The lowest BCUT2D eigenvalue weighted by Crippen LogP contribution is -2.29. The minimum Gasteiger partial charge on any atom is -0.505 e. The van der Waals surface area contributed by atoms with Crippen LogP contribution in [-0.2, 0) is 15.3 Å². The quantitative estimate of drug-likeness (QED) is 0.0935. The molecule has 0 saturated carbocycles. The van der Waals surface area contributed by atoms with E-state index >= 15 is 0 Å². The minimum atomic E-state index is -0.950. The van der Waals surface area contributed by atoms with Gasteiger partial charge in [-0.05, 0) is 48.4 Å². The molecule has 39 heavy (non-hydrogen) atoms. The molecule has 6 rings (SSSR count). The third kappa shape index (κ3) is 4.58.